The predicted octanol–water partition coefficient (Wildman–Crippen LogP) is 2.69. The van der Waals surface area contributed by atoms with Gasteiger partial charge in [-0.05, 0) is 31.5 Å². The molecule has 0 aliphatic heterocycles. The van der Waals surface area contributed by atoms with Crippen molar-refractivity contribution >= 4 is 11.7 Å². The lowest BCUT2D eigenvalue weighted by Gasteiger charge is -2.08. The van der Waals surface area contributed by atoms with Crippen LogP contribution in [0.4, 0.5) is 5.82 Å². The van der Waals surface area contributed by atoms with Crippen LogP contribution in [0, 0.1) is 19.8 Å². The number of nitrogens with one attached hydrogen (secondary N) is 1. The van der Waals surface area contributed by atoms with Crippen LogP contribution in [0.3, 0.4) is 0 Å². The molecular formula is C15H20N4O. The molecule has 20 heavy (non-hydrogen) atoms. The largest absolute Gasteiger partial charge is 0.310 e. The number of hydrogen-bond donors (Lipinski definition) is 1. The van der Waals surface area contributed by atoms with Gasteiger partial charge in [-0.15, -0.1) is 0 Å². The van der Waals surface area contributed by atoms with E-state index in [2.05, 4.69) is 15.4 Å². The summed E-state index contributed by atoms with van der Waals surface area (Å²) in [6.07, 6.45) is 1.71. The van der Waals surface area contributed by atoms with Gasteiger partial charge in [0.15, 0.2) is 0 Å². The molecule has 0 atom stereocenters. The SMILES string of the molecule is Cc1nn(C)c(C)c1-c1ccnc(NC(=O)C(C)C)c1. The van der Waals surface area contributed by atoms with E-state index in [0.717, 1.165) is 22.5 Å². The summed E-state index contributed by atoms with van der Waals surface area (Å²) in [5.41, 5.74) is 4.17. The lowest BCUT2D eigenvalue weighted by atomic mass is 10.1. The summed E-state index contributed by atoms with van der Waals surface area (Å²) < 4.78 is 1.86. The number of hydrogen-bond acceptors (Lipinski definition) is 3. The number of aryl methyl sites for hydroxylation is 2. The molecule has 0 aromatic carbocycles. The van der Waals surface area contributed by atoms with Gasteiger partial charge < -0.3 is 5.32 Å². The van der Waals surface area contributed by atoms with Crippen LogP contribution in [0.2, 0.25) is 0 Å². The minimum Gasteiger partial charge on any atom is -0.310 e. The summed E-state index contributed by atoms with van der Waals surface area (Å²) in [5.74, 6) is 0.473. The highest BCUT2D eigenvalue weighted by molar-refractivity contribution is 5.91. The molecule has 2 heterocycles. The molecule has 0 saturated carbocycles. The molecule has 2 aromatic rings. The fraction of sp³-hybridized carbons (Fsp3) is 0.400. The molecule has 0 bridgehead atoms. The first-order valence-corrected chi connectivity index (χ1v) is 6.67. The number of nitrogens with zero attached hydrogens (tertiary/aromatic N) is 3. The molecule has 106 valence electrons. The number of pyridine rings is 1. The summed E-state index contributed by atoms with van der Waals surface area (Å²) in [5, 5.41) is 7.23. The minimum atomic E-state index is -0.0673. The monoisotopic (exact) mass is 272 g/mol. The third-order valence-electron chi connectivity index (χ3n) is 3.33. The van der Waals surface area contributed by atoms with Gasteiger partial charge in [0.2, 0.25) is 5.91 Å². The van der Waals surface area contributed by atoms with Gasteiger partial charge in [0.05, 0.1) is 5.69 Å². The summed E-state index contributed by atoms with van der Waals surface area (Å²) in [4.78, 5) is 15.9. The number of anilines is 1. The first kappa shape index (κ1) is 14.2. The normalized spacial score (nSPS) is 10.9. The Balaban J connectivity index is 2.37. The van der Waals surface area contributed by atoms with Crippen LogP contribution in [-0.4, -0.2) is 20.7 Å². The van der Waals surface area contributed by atoms with E-state index in [0.29, 0.717) is 5.82 Å². The molecular weight excluding hydrogens is 252 g/mol. The van der Waals surface area contributed by atoms with Gasteiger partial charge in [-0.1, -0.05) is 13.8 Å². The average Bonchev–Trinajstić information content (AvgIpc) is 2.63. The molecule has 0 spiro atoms. The zero-order chi connectivity index (χ0) is 14.9. The van der Waals surface area contributed by atoms with E-state index in [1.54, 1.807) is 6.20 Å². The first-order chi connectivity index (χ1) is 9.40. The lowest BCUT2D eigenvalue weighted by Crippen LogP contribution is -2.18. The van der Waals surface area contributed by atoms with Gasteiger partial charge in [0.25, 0.3) is 0 Å². The minimum absolute atomic E-state index is 0.0331. The van der Waals surface area contributed by atoms with Crippen molar-refractivity contribution in [3.8, 4) is 11.1 Å². The maximum atomic E-state index is 11.7. The molecule has 0 unspecified atom stereocenters. The second-order valence-corrected chi connectivity index (χ2v) is 5.24. The highest BCUT2D eigenvalue weighted by Crippen LogP contribution is 2.27. The molecule has 0 saturated heterocycles. The summed E-state index contributed by atoms with van der Waals surface area (Å²) in [6.45, 7) is 7.72. The van der Waals surface area contributed by atoms with Gasteiger partial charge in [-0.2, -0.15) is 5.10 Å². The van der Waals surface area contributed by atoms with E-state index in [9.17, 15) is 4.79 Å². The van der Waals surface area contributed by atoms with Crippen molar-refractivity contribution in [2.24, 2.45) is 13.0 Å². The van der Waals surface area contributed by atoms with Crippen molar-refractivity contribution in [2.75, 3.05) is 5.32 Å². The molecule has 0 radical (unpaired) electrons. The maximum absolute atomic E-state index is 11.7. The van der Waals surface area contributed by atoms with Crippen molar-refractivity contribution in [3.05, 3.63) is 29.7 Å². The number of carbonyl (C=O) groups is 1. The number of amides is 1. The number of rotatable bonds is 3. The Hall–Kier alpha value is -2.17. The van der Waals surface area contributed by atoms with Gasteiger partial charge in [-0.3, -0.25) is 9.48 Å². The fourth-order valence-corrected chi connectivity index (χ4v) is 2.12. The standard InChI is InChI=1S/C15H20N4O/c1-9(2)15(20)17-13-8-12(6-7-16-13)14-10(3)18-19(5)11(14)4/h6-9H,1-5H3,(H,16,17,20). The summed E-state index contributed by atoms with van der Waals surface area (Å²) in [6, 6.07) is 3.82. The quantitative estimate of drug-likeness (QED) is 0.934. The molecule has 2 aromatic heterocycles. The third-order valence-corrected chi connectivity index (χ3v) is 3.33. The van der Waals surface area contributed by atoms with Gasteiger partial charge >= 0.3 is 0 Å². The highest BCUT2D eigenvalue weighted by Gasteiger charge is 2.13. The van der Waals surface area contributed by atoms with Crippen LogP contribution in [0.1, 0.15) is 25.2 Å². The van der Waals surface area contributed by atoms with Crippen molar-refractivity contribution in [2.45, 2.75) is 27.7 Å². The average molecular weight is 272 g/mol. The predicted molar refractivity (Wildman–Crippen MR) is 79.4 cm³/mol. The van der Waals surface area contributed by atoms with Crippen molar-refractivity contribution in [1.82, 2.24) is 14.8 Å². The Morgan fingerprint density at radius 1 is 1.35 bits per heavy atom. The van der Waals surface area contributed by atoms with E-state index in [1.807, 2.05) is 51.6 Å². The number of carbonyl (C=O) groups excluding carboxylic acids is 1. The van der Waals surface area contributed by atoms with E-state index in [-0.39, 0.29) is 11.8 Å². The first-order valence-electron chi connectivity index (χ1n) is 6.67. The number of aromatic nitrogens is 3. The van der Waals surface area contributed by atoms with Crippen LogP contribution >= 0.6 is 0 Å². The van der Waals surface area contributed by atoms with Crippen LogP contribution in [-0.2, 0) is 11.8 Å². The smallest absolute Gasteiger partial charge is 0.228 e. The zero-order valence-corrected chi connectivity index (χ0v) is 12.6. The van der Waals surface area contributed by atoms with Crippen LogP contribution in [0.25, 0.3) is 11.1 Å². The Labute approximate surface area is 119 Å². The molecule has 0 aliphatic carbocycles. The van der Waals surface area contributed by atoms with E-state index in [4.69, 9.17) is 0 Å². The van der Waals surface area contributed by atoms with Gasteiger partial charge in [0.1, 0.15) is 5.82 Å². The fourth-order valence-electron chi connectivity index (χ4n) is 2.12. The summed E-state index contributed by atoms with van der Waals surface area (Å²) in [7, 11) is 1.93. The van der Waals surface area contributed by atoms with Crippen molar-refractivity contribution in [1.29, 1.82) is 0 Å². The molecule has 1 N–H and O–H groups in total. The zero-order valence-electron chi connectivity index (χ0n) is 12.6. The third kappa shape index (κ3) is 2.71. The summed E-state index contributed by atoms with van der Waals surface area (Å²) >= 11 is 0. The molecule has 1 amide bonds. The Morgan fingerprint density at radius 3 is 2.60 bits per heavy atom. The van der Waals surface area contributed by atoms with Crippen LogP contribution in [0.15, 0.2) is 18.3 Å². The van der Waals surface area contributed by atoms with Crippen LogP contribution < -0.4 is 5.32 Å². The van der Waals surface area contributed by atoms with E-state index < -0.39 is 0 Å². The second kappa shape index (κ2) is 5.45. The van der Waals surface area contributed by atoms with Crippen LogP contribution in [0.5, 0.6) is 0 Å². The second-order valence-electron chi connectivity index (χ2n) is 5.24. The molecule has 5 nitrogen and oxygen atoms in total. The molecule has 5 heteroatoms. The molecule has 0 aliphatic rings. The van der Waals surface area contributed by atoms with Gasteiger partial charge in [-0.25, -0.2) is 4.98 Å². The molecule has 2 rings (SSSR count). The molecule has 0 fully saturated rings. The lowest BCUT2D eigenvalue weighted by molar-refractivity contribution is -0.118. The van der Waals surface area contributed by atoms with Gasteiger partial charge in [0, 0.05) is 30.4 Å². The maximum Gasteiger partial charge on any atom is 0.228 e. The van der Waals surface area contributed by atoms with Crippen molar-refractivity contribution in [3.63, 3.8) is 0 Å². The topological polar surface area (TPSA) is 59.8 Å². The Morgan fingerprint density at radius 2 is 2.05 bits per heavy atom. The van der Waals surface area contributed by atoms with Crippen molar-refractivity contribution < 1.29 is 4.79 Å². The Bertz CT molecular complexity index is 643. The highest BCUT2D eigenvalue weighted by atomic mass is 16.1. The van der Waals surface area contributed by atoms with E-state index >= 15 is 0 Å². The Kier molecular flexibility index (Phi) is 3.88. The van der Waals surface area contributed by atoms with E-state index in [1.165, 1.54) is 0 Å².